The minimum Gasteiger partial charge on any atom is -0.353 e. The topological polar surface area (TPSA) is 29.1 Å². The van der Waals surface area contributed by atoms with Crippen molar-refractivity contribution >= 4 is 5.91 Å². The number of amides is 1. The Morgan fingerprint density at radius 3 is 2.43 bits per heavy atom. The molecule has 0 aromatic carbocycles. The van der Waals surface area contributed by atoms with Crippen LogP contribution in [0.15, 0.2) is 0 Å². The van der Waals surface area contributed by atoms with Crippen molar-refractivity contribution < 1.29 is 4.79 Å². The average molecular weight is 198 g/mol. The molecule has 0 fully saturated rings. The van der Waals surface area contributed by atoms with E-state index in [2.05, 4.69) is 33.0 Å². The summed E-state index contributed by atoms with van der Waals surface area (Å²) in [6.45, 7) is 8.57. The maximum atomic E-state index is 11.4. The van der Waals surface area contributed by atoms with Crippen molar-refractivity contribution in [1.29, 1.82) is 0 Å². The van der Waals surface area contributed by atoms with Gasteiger partial charge in [-0.05, 0) is 25.2 Å². The van der Waals surface area contributed by atoms with Crippen LogP contribution >= 0.6 is 0 Å². The Kier molecular flexibility index (Phi) is 7.54. The first-order valence-electron chi connectivity index (χ1n) is 5.73. The SMILES string of the molecule is CCC[CH]C(=O)NC(CC)CC(C)C. The lowest BCUT2D eigenvalue weighted by atomic mass is 10.0. The largest absolute Gasteiger partial charge is 0.353 e. The first-order chi connectivity index (χ1) is 6.60. The number of hydrogen-bond donors (Lipinski definition) is 1. The van der Waals surface area contributed by atoms with E-state index in [1.165, 1.54) is 0 Å². The molecule has 2 heteroatoms. The average Bonchev–Trinajstić information content (AvgIpc) is 2.12. The van der Waals surface area contributed by atoms with Crippen LogP contribution in [-0.4, -0.2) is 11.9 Å². The van der Waals surface area contributed by atoms with Crippen molar-refractivity contribution in [3.63, 3.8) is 0 Å². The summed E-state index contributed by atoms with van der Waals surface area (Å²) in [7, 11) is 0. The molecular weight excluding hydrogens is 174 g/mol. The van der Waals surface area contributed by atoms with Gasteiger partial charge in [-0.1, -0.05) is 34.1 Å². The molecule has 0 aromatic rings. The minimum absolute atomic E-state index is 0.0966. The fourth-order valence-electron chi connectivity index (χ4n) is 1.43. The third kappa shape index (κ3) is 6.93. The molecule has 0 saturated carbocycles. The second kappa shape index (κ2) is 7.84. The van der Waals surface area contributed by atoms with Crippen molar-refractivity contribution in [3.05, 3.63) is 6.42 Å². The van der Waals surface area contributed by atoms with Crippen LogP contribution in [0.5, 0.6) is 0 Å². The van der Waals surface area contributed by atoms with Gasteiger partial charge in [0.25, 0.3) is 0 Å². The monoisotopic (exact) mass is 198 g/mol. The Morgan fingerprint density at radius 1 is 1.36 bits per heavy atom. The Balaban J connectivity index is 3.74. The van der Waals surface area contributed by atoms with Crippen molar-refractivity contribution in [1.82, 2.24) is 5.32 Å². The summed E-state index contributed by atoms with van der Waals surface area (Å²) in [6, 6.07) is 0.343. The van der Waals surface area contributed by atoms with Crippen LogP contribution in [0.4, 0.5) is 0 Å². The summed E-state index contributed by atoms with van der Waals surface area (Å²) in [5.41, 5.74) is 0. The molecule has 2 nitrogen and oxygen atoms in total. The van der Waals surface area contributed by atoms with E-state index in [9.17, 15) is 4.79 Å². The van der Waals surface area contributed by atoms with Crippen LogP contribution in [0.2, 0.25) is 0 Å². The van der Waals surface area contributed by atoms with Gasteiger partial charge in [0.15, 0.2) is 0 Å². The van der Waals surface area contributed by atoms with E-state index in [-0.39, 0.29) is 5.91 Å². The summed E-state index contributed by atoms with van der Waals surface area (Å²) in [6.07, 6.45) is 5.76. The van der Waals surface area contributed by atoms with Gasteiger partial charge in [0.2, 0.25) is 5.91 Å². The molecule has 83 valence electrons. The number of hydrogen-bond acceptors (Lipinski definition) is 1. The molecule has 1 amide bonds. The Bertz CT molecular complexity index is 154. The zero-order valence-electron chi connectivity index (χ0n) is 9.97. The highest BCUT2D eigenvalue weighted by Crippen LogP contribution is 2.07. The van der Waals surface area contributed by atoms with Crippen molar-refractivity contribution in [2.45, 2.75) is 59.4 Å². The summed E-state index contributed by atoms with van der Waals surface area (Å²) in [4.78, 5) is 11.4. The zero-order valence-corrected chi connectivity index (χ0v) is 9.97. The first kappa shape index (κ1) is 13.5. The van der Waals surface area contributed by atoms with Gasteiger partial charge in [-0.25, -0.2) is 0 Å². The Labute approximate surface area is 88.5 Å². The van der Waals surface area contributed by atoms with Crippen molar-refractivity contribution in [2.24, 2.45) is 5.92 Å². The molecule has 1 atom stereocenters. The van der Waals surface area contributed by atoms with E-state index >= 15 is 0 Å². The summed E-state index contributed by atoms with van der Waals surface area (Å²) in [5.74, 6) is 0.741. The highest BCUT2D eigenvalue weighted by molar-refractivity contribution is 5.84. The van der Waals surface area contributed by atoms with E-state index in [0.717, 1.165) is 25.7 Å². The molecule has 0 aliphatic heterocycles. The summed E-state index contributed by atoms with van der Waals surface area (Å²) in [5, 5.41) is 3.04. The molecule has 0 heterocycles. The fraction of sp³-hybridized carbons (Fsp3) is 0.833. The highest BCUT2D eigenvalue weighted by Gasteiger charge is 2.11. The Hall–Kier alpha value is -0.530. The zero-order chi connectivity index (χ0) is 11.0. The molecule has 14 heavy (non-hydrogen) atoms. The lowest BCUT2D eigenvalue weighted by Gasteiger charge is -2.18. The van der Waals surface area contributed by atoms with Gasteiger partial charge in [0, 0.05) is 12.5 Å². The quantitative estimate of drug-likeness (QED) is 0.669. The Morgan fingerprint density at radius 2 is 2.00 bits per heavy atom. The van der Waals surface area contributed by atoms with Gasteiger partial charge in [-0.3, -0.25) is 4.79 Å². The van der Waals surface area contributed by atoms with Crippen molar-refractivity contribution in [3.8, 4) is 0 Å². The van der Waals surface area contributed by atoms with Gasteiger partial charge in [-0.15, -0.1) is 0 Å². The molecule has 0 bridgehead atoms. The lowest BCUT2D eigenvalue weighted by Crippen LogP contribution is -2.35. The second-order valence-electron chi connectivity index (χ2n) is 4.24. The molecule has 1 unspecified atom stereocenters. The third-order valence-corrected chi connectivity index (χ3v) is 2.21. The standard InChI is InChI=1S/C12H24NO/c1-5-7-8-12(14)13-11(6-2)9-10(3)4/h8,10-11H,5-7,9H2,1-4H3,(H,13,14). The van der Waals surface area contributed by atoms with Crippen LogP contribution in [0.1, 0.15) is 53.4 Å². The van der Waals surface area contributed by atoms with E-state index in [1.54, 1.807) is 6.42 Å². The van der Waals surface area contributed by atoms with Gasteiger partial charge >= 0.3 is 0 Å². The van der Waals surface area contributed by atoms with Crippen LogP contribution < -0.4 is 5.32 Å². The van der Waals surface area contributed by atoms with Crippen molar-refractivity contribution in [2.75, 3.05) is 0 Å². The van der Waals surface area contributed by atoms with Gasteiger partial charge in [0.05, 0.1) is 0 Å². The predicted octanol–water partition coefficient (Wildman–Crippen LogP) is 2.93. The lowest BCUT2D eigenvalue weighted by molar-refractivity contribution is -0.118. The van der Waals surface area contributed by atoms with Crippen LogP contribution in [0.25, 0.3) is 0 Å². The molecule has 1 radical (unpaired) electrons. The van der Waals surface area contributed by atoms with E-state index in [0.29, 0.717) is 12.0 Å². The molecule has 0 rings (SSSR count). The van der Waals surface area contributed by atoms with Crippen LogP contribution in [-0.2, 0) is 4.79 Å². The summed E-state index contributed by atoms with van der Waals surface area (Å²) >= 11 is 0. The van der Waals surface area contributed by atoms with E-state index in [1.807, 2.05) is 0 Å². The number of rotatable bonds is 7. The van der Waals surface area contributed by atoms with E-state index < -0.39 is 0 Å². The third-order valence-electron chi connectivity index (χ3n) is 2.21. The smallest absolute Gasteiger partial charge is 0.224 e. The second-order valence-corrected chi connectivity index (χ2v) is 4.24. The van der Waals surface area contributed by atoms with Crippen LogP contribution in [0, 0.1) is 12.3 Å². The molecule has 1 N–H and O–H groups in total. The predicted molar refractivity (Wildman–Crippen MR) is 60.9 cm³/mol. The van der Waals surface area contributed by atoms with E-state index in [4.69, 9.17) is 0 Å². The molecule has 0 aliphatic carbocycles. The van der Waals surface area contributed by atoms with Gasteiger partial charge in [-0.2, -0.15) is 0 Å². The number of unbranched alkanes of at least 4 members (excludes halogenated alkanes) is 1. The first-order valence-corrected chi connectivity index (χ1v) is 5.73. The highest BCUT2D eigenvalue weighted by atomic mass is 16.1. The van der Waals surface area contributed by atoms with Crippen LogP contribution in [0.3, 0.4) is 0 Å². The minimum atomic E-state index is 0.0966. The normalized spacial score (nSPS) is 12.9. The number of carbonyl (C=O) groups excluding carboxylic acids is 1. The molecule has 0 spiro atoms. The maximum Gasteiger partial charge on any atom is 0.224 e. The maximum absolute atomic E-state index is 11.4. The summed E-state index contributed by atoms with van der Waals surface area (Å²) < 4.78 is 0. The molecule has 0 aromatic heterocycles. The number of carbonyl (C=O) groups is 1. The van der Waals surface area contributed by atoms with Gasteiger partial charge in [0.1, 0.15) is 0 Å². The number of nitrogens with one attached hydrogen (secondary N) is 1. The molecular formula is C12H24NO. The fourth-order valence-corrected chi connectivity index (χ4v) is 1.43. The molecule has 0 saturated heterocycles. The van der Waals surface area contributed by atoms with Gasteiger partial charge < -0.3 is 5.32 Å². The molecule has 0 aliphatic rings.